The zero-order valence-electron chi connectivity index (χ0n) is 12.1. The fourth-order valence-electron chi connectivity index (χ4n) is 2.40. The molecule has 1 saturated heterocycles. The number of nitrogens with two attached hydrogens (primary N) is 1. The van der Waals surface area contributed by atoms with E-state index in [1.807, 2.05) is 16.3 Å². The van der Waals surface area contributed by atoms with Gasteiger partial charge in [-0.15, -0.1) is 11.3 Å². The molecule has 5 heteroatoms. The molecule has 20 heavy (non-hydrogen) atoms. The van der Waals surface area contributed by atoms with Gasteiger partial charge in [0.05, 0.1) is 17.0 Å². The van der Waals surface area contributed by atoms with Gasteiger partial charge in [-0.25, -0.2) is 0 Å². The number of carbonyl (C=O) groups excluding carboxylic acids is 1. The lowest BCUT2D eigenvalue weighted by atomic mass is 10.0. The molecule has 1 fully saturated rings. The van der Waals surface area contributed by atoms with Crippen molar-refractivity contribution in [3.8, 4) is 11.8 Å². The van der Waals surface area contributed by atoms with E-state index in [9.17, 15) is 4.79 Å². The van der Waals surface area contributed by atoms with E-state index < -0.39 is 0 Å². The van der Waals surface area contributed by atoms with Crippen LogP contribution in [0.15, 0.2) is 11.4 Å². The zero-order chi connectivity index (χ0) is 14.5. The van der Waals surface area contributed by atoms with Crippen LogP contribution in [-0.4, -0.2) is 55.5 Å². The van der Waals surface area contributed by atoms with Gasteiger partial charge in [-0.2, -0.15) is 0 Å². The molecule has 0 aliphatic carbocycles. The van der Waals surface area contributed by atoms with Gasteiger partial charge in [0.2, 0.25) is 0 Å². The largest absolute Gasteiger partial charge is 0.337 e. The lowest BCUT2D eigenvalue weighted by molar-refractivity contribution is 0.0635. The van der Waals surface area contributed by atoms with Crippen LogP contribution in [0.1, 0.15) is 28.1 Å². The first kappa shape index (κ1) is 15.0. The zero-order valence-corrected chi connectivity index (χ0v) is 12.9. The van der Waals surface area contributed by atoms with Crippen molar-refractivity contribution in [2.75, 3.05) is 33.7 Å². The summed E-state index contributed by atoms with van der Waals surface area (Å²) in [5.41, 5.74) is 6.10. The highest BCUT2D eigenvalue weighted by atomic mass is 32.1. The number of amides is 1. The Bertz CT molecular complexity index is 527. The Kier molecular flexibility index (Phi) is 5.18. The number of nitrogens with zero attached hydrogens (tertiary/aromatic N) is 2. The van der Waals surface area contributed by atoms with E-state index >= 15 is 0 Å². The predicted molar refractivity (Wildman–Crippen MR) is 82.9 cm³/mol. The van der Waals surface area contributed by atoms with Crippen molar-refractivity contribution < 1.29 is 4.79 Å². The first-order valence-electron chi connectivity index (χ1n) is 6.85. The molecule has 0 aromatic carbocycles. The van der Waals surface area contributed by atoms with E-state index in [0.29, 0.717) is 12.6 Å². The smallest absolute Gasteiger partial charge is 0.254 e. The summed E-state index contributed by atoms with van der Waals surface area (Å²) in [6.45, 7) is 2.01. The van der Waals surface area contributed by atoms with Crippen LogP contribution >= 0.6 is 11.3 Å². The highest BCUT2D eigenvalue weighted by Gasteiger charge is 2.25. The molecule has 2 N–H and O–H groups in total. The van der Waals surface area contributed by atoms with Crippen molar-refractivity contribution in [2.24, 2.45) is 5.73 Å². The number of likely N-dealkylation sites (N-methyl/N-ethyl adjacent to an activating group) is 1. The molecule has 1 atom stereocenters. The molecule has 1 unspecified atom stereocenters. The van der Waals surface area contributed by atoms with E-state index in [-0.39, 0.29) is 5.91 Å². The minimum absolute atomic E-state index is 0.119. The fourth-order valence-corrected chi connectivity index (χ4v) is 3.14. The van der Waals surface area contributed by atoms with Gasteiger partial charge >= 0.3 is 0 Å². The van der Waals surface area contributed by atoms with Crippen LogP contribution < -0.4 is 5.73 Å². The third-order valence-corrected chi connectivity index (χ3v) is 4.42. The van der Waals surface area contributed by atoms with Crippen molar-refractivity contribution in [2.45, 2.75) is 18.9 Å². The SMILES string of the molecule is CN(C)C1CCCN(C(=O)c2csc(C#CCN)c2)C1. The van der Waals surface area contributed by atoms with Gasteiger partial charge in [0.15, 0.2) is 0 Å². The summed E-state index contributed by atoms with van der Waals surface area (Å²) in [6, 6.07) is 2.33. The Morgan fingerprint density at radius 1 is 1.60 bits per heavy atom. The lowest BCUT2D eigenvalue weighted by Crippen LogP contribution is -2.47. The van der Waals surface area contributed by atoms with Crippen LogP contribution in [0.2, 0.25) is 0 Å². The quantitative estimate of drug-likeness (QED) is 0.834. The second-order valence-corrected chi connectivity index (χ2v) is 6.13. The first-order valence-corrected chi connectivity index (χ1v) is 7.73. The molecule has 1 aromatic heterocycles. The molecular formula is C15H21N3OS. The molecule has 0 radical (unpaired) electrons. The first-order chi connectivity index (χ1) is 9.61. The number of rotatable bonds is 2. The topological polar surface area (TPSA) is 49.6 Å². The molecule has 0 bridgehead atoms. The molecule has 2 heterocycles. The molecule has 1 amide bonds. The van der Waals surface area contributed by atoms with Gasteiger partial charge in [0.1, 0.15) is 0 Å². The van der Waals surface area contributed by atoms with Crippen LogP contribution in [0.3, 0.4) is 0 Å². The van der Waals surface area contributed by atoms with E-state index in [4.69, 9.17) is 5.73 Å². The Morgan fingerprint density at radius 2 is 2.40 bits per heavy atom. The van der Waals surface area contributed by atoms with Crippen molar-refractivity contribution in [3.63, 3.8) is 0 Å². The highest BCUT2D eigenvalue weighted by Crippen LogP contribution is 2.19. The minimum atomic E-state index is 0.119. The highest BCUT2D eigenvalue weighted by molar-refractivity contribution is 7.10. The molecule has 2 rings (SSSR count). The summed E-state index contributed by atoms with van der Waals surface area (Å²) >= 11 is 1.50. The number of hydrogen-bond acceptors (Lipinski definition) is 4. The normalized spacial score (nSPS) is 18.8. The summed E-state index contributed by atoms with van der Waals surface area (Å²) in [5.74, 6) is 5.91. The molecule has 4 nitrogen and oxygen atoms in total. The molecular weight excluding hydrogens is 270 g/mol. The Hall–Kier alpha value is -1.35. The standard InChI is InChI=1S/C15H21N3OS/c1-17(2)13-5-4-8-18(10-13)15(19)12-9-14(20-11-12)6-3-7-16/h9,11,13H,4-5,7-8,10,16H2,1-2H3. The second-order valence-electron chi connectivity index (χ2n) is 5.22. The van der Waals surface area contributed by atoms with Gasteiger partial charge in [-0.1, -0.05) is 11.8 Å². The molecule has 0 spiro atoms. The summed E-state index contributed by atoms with van der Waals surface area (Å²) in [6.07, 6.45) is 2.23. The molecule has 108 valence electrons. The molecule has 1 aliphatic heterocycles. The molecule has 1 aliphatic rings. The maximum absolute atomic E-state index is 12.5. The second kappa shape index (κ2) is 6.89. The molecule has 1 aromatic rings. The van der Waals surface area contributed by atoms with Crippen molar-refractivity contribution in [3.05, 3.63) is 21.9 Å². The number of carbonyl (C=O) groups is 1. The Balaban J connectivity index is 2.05. The van der Waals surface area contributed by atoms with Gasteiger partial charge in [-0.05, 0) is 33.0 Å². The van der Waals surface area contributed by atoms with Crippen molar-refractivity contribution in [1.29, 1.82) is 0 Å². The van der Waals surface area contributed by atoms with Crippen LogP contribution in [-0.2, 0) is 0 Å². The van der Waals surface area contributed by atoms with Gasteiger partial charge < -0.3 is 15.5 Å². The number of likely N-dealkylation sites (tertiary alicyclic amines) is 1. The van der Waals surface area contributed by atoms with Crippen LogP contribution in [0, 0.1) is 11.8 Å². The monoisotopic (exact) mass is 291 g/mol. The number of hydrogen-bond donors (Lipinski definition) is 1. The van der Waals surface area contributed by atoms with Crippen molar-refractivity contribution in [1.82, 2.24) is 9.80 Å². The van der Waals surface area contributed by atoms with Gasteiger partial charge in [-0.3, -0.25) is 4.79 Å². The third-order valence-electron chi connectivity index (χ3n) is 3.57. The maximum Gasteiger partial charge on any atom is 0.254 e. The van der Waals surface area contributed by atoms with E-state index in [2.05, 4.69) is 30.8 Å². The number of piperidine rings is 1. The van der Waals surface area contributed by atoms with Gasteiger partial charge in [0.25, 0.3) is 5.91 Å². The van der Waals surface area contributed by atoms with Crippen LogP contribution in [0.5, 0.6) is 0 Å². The number of thiophene rings is 1. The lowest BCUT2D eigenvalue weighted by Gasteiger charge is -2.36. The summed E-state index contributed by atoms with van der Waals surface area (Å²) in [4.78, 5) is 17.6. The summed E-state index contributed by atoms with van der Waals surface area (Å²) < 4.78 is 0. The Labute approximate surface area is 124 Å². The summed E-state index contributed by atoms with van der Waals surface area (Å²) in [5, 5.41) is 1.89. The van der Waals surface area contributed by atoms with E-state index in [1.54, 1.807) is 0 Å². The Morgan fingerprint density at radius 3 is 3.10 bits per heavy atom. The van der Waals surface area contributed by atoms with Crippen molar-refractivity contribution >= 4 is 17.2 Å². The van der Waals surface area contributed by atoms with Crippen LogP contribution in [0.4, 0.5) is 0 Å². The average molecular weight is 291 g/mol. The third kappa shape index (κ3) is 3.60. The van der Waals surface area contributed by atoms with E-state index in [1.165, 1.54) is 11.3 Å². The molecule has 0 saturated carbocycles. The van der Waals surface area contributed by atoms with Crippen LogP contribution in [0.25, 0.3) is 0 Å². The average Bonchev–Trinajstić information content (AvgIpc) is 2.93. The summed E-state index contributed by atoms with van der Waals surface area (Å²) in [7, 11) is 4.15. The maximum atomic E-state index is 12.5. The van der Waals surface area contributed by atoms with Gasteiger partial charge in [0, 0.05) is 24.5 Å². The fraction of sp³-hybridized carbons (Fsp3) is 0.533. The predicted octanol–water partition coefficient (Wildman–Crippen LogP) is 1.22. The minimum Gasteiger partial charge on any atom is -0.337 e. The van der Waals surface area contributed by atoms with E-state index in [0.717, 1.165) is 36.4 Å².